The van der Waals surface area contributed by atoms with E-state index in [4.69, 9.17) is 4.74 Å². The second-order valence-corrected chi connectivity index (χ2v) is 7.15. The van der Waals surface area contributed by atoms with E-state index in [1.807, 2.05) is 42.5 Å². The van der Waals surface area contributed by atoms with Gasteiger partial charge in [-0.2, -0.15) is 5.10 Å². The fourth-order valence-corrected chi connectivity index (χ4v) is 3.54. The van der Waals surface area contributed by atoms with Crippen LogP contribution in [0.15, 0.2) is 58.1 Å². The van der Waals surface area contributed by atoms with Gasteiger partial charge >= 0.3 is 0 Å². The first-order valence-corrected chi connectivity index (χ1v) is 9.38. The van der Waals surface area contributed by atoms with Crippen LogP contribution in [-0.4, -0.2) is 40.2 Å². The fraction of sp³-hybridized carbons (Fsp3) is 0.118. The summed E-state index contributed by atoms with van der Waals surface area (Å²) in [7, 11) is 1.60. The van der Waals surface area contributed by atoms with E-state index in [0.29, 0.717) is 4.34 Å². The van der Waals surface area contributed by atoms with Crippen LogP contribution in [0, 0.1) is 0 Å². The number of carbonyl (C=O) groups is 1. The summed E-state index contributed by atoms with van der Waals surface area (Å²) in [4.78, 5) is 16.1. The molecule has 26 heavy (non-hydrogen) atoms. The molecule has 2 aromatic heterocycles. The topological polar surface area (TPSA) is 89.4 Å². The van der Waals surface area contributed by atoms with Crippen molar-refractivity contribution in [3.8, 4) is 16.5 Å². The van der Waals surface area contributed by atoms with E-state index >= 15 is 0 Å². The van der Waals surface area contributed by atoms with Crippen LogP contribution in [0.5, 0.6) is 5.75 Å². The third kappa shape index (κ3) is 5.11. The number of rotatable bonds is 7. The number of ether oxygens (including phenoxy) is 1. The number of aromatic nitrogens is 3. The first-order chi connectivity index (χ1) is 12.7. The third-order valence-electron chi connectivity index (χ3n) is 3.11. The van der Waals surface area contributed by atoms with Crippen molar-refractivity contribution in [2.75, 3.05) is 12.9 Å². The lowest BCUT2D eigenvalue weighted by Gasteiger charge is -2.00. The molecule has 0 bridgehead atoms. The van der Waals surface area contributed by atoms with E-state index < -0.39 is 0 Å². The number of benzene rings is 1. The highest BCUT2D eigenvalue weighted by Crippen LogP contribution is 2.27. The van der Waals surface area contributed by atoms with Crippen LogP contribution in [0.1, 0.15) is 5.56 Å². The molecule has 0 atom stereocenters. The van der Waals surface area contributed by atoms with Crippen molar-refractivity contribution >= 4 is 35.2 Å². The summed E-state index contributed by atoms with van der Waals surface area (Å²) in [5, 5.41) is 12.8. The minimum Gasteiger partial charge on any atom is -0.497 e. The Morgan fingerprint density at radius 1 is 1.31 bits per heavy atom. The zero-order valence-electron chi connectivity index (χ0n) is 13.8. The predicted molar refractivity (Wildman–Crippen MR) is 103 cm³/mol. The molecule has 0 radical (unpaired) electrons. The Hall–Kier alpha value is -2.78. The van der Waals surface area contributed by atoms with Gasteiger partial charge in [0, 0.05) is 6.20 Å². The van der Waals surface area contributed by atoms with E-state index in [1.54, 1.807) is 19.5 Å². The number of nitrogens with zero attached hydrogens (tertiary/aromatic N) is 4. The highest BCUT2D eigenvalue weighted by molar-refractivity contribution is 8.01. The lowest BCUT2D eigenvalue weighted by Crippen LogP contribution is -2.19. The molecule has 7 nitrogen and oxygen atoms in total. The van der Waals surface area contributed by atoms with Crippen LogP contribution >= 0.6 is 23.1 Å². The number of pyridine rings is 1. The number of hydrogen-bond acceptors (Lipinski definition) is 8. The minimum atomic E-state index is -0.219. The van der Waals surface area contributed by atoms with Crippen LogP contribution in [-0.2, 0) is 4.79 Å². The van der Waals surface area contributed by atoms with E-state index in [9.17, 15) is 4.79 Å². The smallest absolute Gasteiger partial charge is 0.250 e. The zero-order valence-corrected chi connectivity index (χ0v) is 15.5. The molecule has 132 valence electrons. The quantitative estimate of drug-likeness (QED) is 0.382. The van der Waals surface area contributed by atoms with Gasteiger partial charge in [0.2, 0.25) is 0 Å². The summed E-state index contributed by atoms with van der Waals surface area (Å²) in [5.41, 5.74) is 4.09. The highest BCUT2D eigenvalue weighted by Gasteiger charge is 2.09. The Balaban J connectivity index is 1.48. The number of carbonyl (C=O) groups excluding carboxylic acids is 1. The Morgan fingerprint density at radius 3 is 3.04 bits per heavy atom. The summed E-state index contributed by atoms with van der Waals surface area (Å²) in [5.74, 6) is 0.714. The maximum Gasteiger partial charge on any atom is 0.250 e. The van der Waals surface area contributed by atoms with Gasteiger partial charge in [0.05, 0.1) is 19.1 Å². The van der Waals surface area contributed by atoms with Gasteiger partial charge in [0.15, 0.2) is 9.35 Å². The summed E-state index contributed by atoms with van der Waals surface area (Å²) < 4.78 is 5.84. The maximum absolute atomic E-state index is 11.9. The molecule has 1 aromatic carbocycles. The first kappa shape index (κ1) is 18.0. The molecule has 3 rings (SSSR count). The molecule has 0 aliphatic carbocycles. The number of nitrogens with one attached hydrogen (secondary N) is 1. The minimum absolute atomic E-state index is 0.201. The number of thioether (sulfide) groups is 1. The highest BCUT2D eigenvalue weighted by atomic mass is 32.2. The van der Waals surface area contributed by atoms with Crippen molar-refractivity contribution in [1.82, 2.24) is 20.6 Å². The lowest BCUT2D eigenvalue weighted by molar-refractivity contribution is -0.118. The van der Waals surface area contributed by atoms with E-state index in [2.05, 4.69) is 25.7 Å². The number of hydrogen-bond donors (Lipinski definition) is 1. The first-order valence-electron chi connectivity index (χ1n) is 7.58. The van der Waals surface area contributed by atoms with Gasteiger partial charge in [-0.05, 0) is 29.8 Å². The molecule has 0 aliphatic rings. The van der Waals surface area contributed by atoms with Gasteiger partial charge < -0.3 is 4.74 Å². The fourth-order valence-electron chi connectivity index (χ4n) is 1.92. The second-order valence-electron chi connectivity index (χ2n) is 4.95. The SMILES string of the molecule is COc1cccc(/C=N\NC(=O)CSc2nnc(-c3ccccn3)s2)c1. The standard InChI is InChI=1S/C17H15N5O2S2/c1-24-13-6-4-5-12(9-13)10-19-20-15(23)11-25-17-22-21-16(26-17)14-7-2-3-8-18-14/h2-10H,11H2,1H3,(H,20,23)/b19-10-. The van der Waals surface area contributed by atoms with E-state index in [1.165, 1.54) is 23.1 Å². The van der Waals surface area contributed by atoms with Crippen molar-refractivity contribution in [3.05, 3.63) is 54.2 Å². The normalized spacial score (nSPS) is 10.8. The molecule has 0 saturated heterocycles. The maximum atomic E-state index is 11.9. The number of amides is 1. The van der Waals surface area contributed by atoms with Crippen molar-refractivity contribution in [2.24, 2.45) is 5.10 Å². The predicted octanol–water partition coefficient (Wildman–Crippen LogP) is 2.85. The third-order valence-corrected chi connectivity index (χ3v) is 5.19. The Kier molecular flexibility index (Phi) is 6.29. The summed E-state index contributed by atoms with van der Waals surface area (Å²) in [6.07, 6.45) is 3.27. The van der Waals surface area contributed by atoms with Gasteiger partial charge in [-0.15, -0.1) is 10.2 Å². The Bertz CT molecular complexity index is 899. The number of methoxy groups -OCH3 is 1. The zero-order chi connectivity index (χ0) is 18.2. The molecule has 2 heterocycles. The van der Waals surface area contributed by atoms with Gasteiger partial charge in [0.1, 0.15) is 11.4 Å². The molecule has 0 fully saturated rings. The molecule has 9 heteroatoms. The van der Waals surface area contributed by atoms with Crippen molar-refractivity contribution in [2.45, 2.75) is 4.34 Å². The Morgan fingerprint density at radius 2 is 2.23 bits per heavy atom. The van der Waals surface area contributed by atoms with E-state index in [0.717, 1.165) is 22.0 Å². The van der Waals surface area contributed by atoms with Gasteiger partial charge in [-0.1, -0.05) is 41.3 Å². The monoisotopic (exact) mass is 385 g/mol. The molecule has 0 unspecified atom stereocenters. The Labute approximate surface area is 158 Å². The lowest BCUT2D eigenvalue weighted by atomic mass is 10.2. The molecule has 0 aliphatic heterocycles. The largest absolute Gasteiger partial charge is 0.497 e. The molecular weight excluding hydrogens is 370 g/mol. The summed E-state index contributed by atoms with van der Waals surface area (Å²) in [6, 6.07) is 13.0. The van der Waals surface area contributed by atoms with Crippen LogP contribution < -0.4 is 10.2 Å². The van der Waals surface area contributed by atoms with Crippen LogP contribution in [0.25, 0.3) is 10.7 Å². The average Bonchev–Trinajstić information content (AvgIpc) is 3.16. The van der Waals surface area contributed by atoms with Crippen LogP contribution in [0.3, 0.4) is 0 Å². The van der Waals surface area contributed by atoms with Crippen molar-refractivity contribution < 1.29 is 9.53 Å². The molecule has 0 spiro atoms. The summed E-state index contributed by atoms with van der Waals surface area (Å²) in [6.45, 7) is 0. The van der Waals surface area contributed by atoms with Gasteiger partial charge in [-0.25, -0.2) is 5.43 Å². The van der Waals surface area contributed by atoms with Gasteiger partial charge in [-0.3, -0.25) is 9.78 Å². The second kappa shape index (κ2) is 9.07. The van der Waals surface area contributed by atoms with Crippen LogP contribution in [0.2, 0.25) is 0 Å². The van der Waals surface area contributed by atoms with Crippen LogP contribution in [0.4, 0.5) is 0 Å². The van der Waals surface area contributed by atoms with Gasteiger partial charge in [0.25, 0.3) is 5.91 Å². The number of hydrazone groups is 1. The van der Waals surface area contributed by atoms with E-state index in [-0.39, 0.29) is 11.7 Å². The molecular formula is C17H15N5O2S2. The molecule has 0 saturated carbocycles. The molecule has 1 N–H and O–H groups in total. The summed E-state index contributed by atoms with van der Waals surface area (Å²) >= 11 is 2.71. The van der Waals surface area contributed by atoms with Crippen molar-refractivity contribution in [3.63, 3.8) is 0 Å². The molecule has 3 aromatic rings. The molecule has 1 amide bonds. The average molecular weight is 385 g/mol. The van der Waals surface area contributed by atoms with Crippen molar-refractivity contribution in [1.29, 1.82) is 0 Å².